The molecule has 1 aromatic rings. The van der Waals surface area contributed by atoms with E-state index >= 15 is 0 Å². The molecule has 1 atom stereocenters. The van der Waals surface area contributed by atoms with Gasteiger partial charge in [-0.05, 0) is 49.8 Å². The second-order valence-corrected chi connectivity index (χ2v) is 9.85. The maximum Gasteiger partial charge on any atom is 0.246 e. The Labute approximate surface area is 166 Å². The summed E-state index contributed by atoms with van der Waals surface area (Å²) in [6.45, 7) is 4.35. The average Bonchev–Trinajstić information content (AvgIpc) is 2.68. The lowest BCUT2D eigenvalue weighted by molar-refractivity contribution is -0.138. The van der Waals surface area contributed by atoms with Crippen molar-refractivity contribution in [2.24, 2.45) is 11.8 Å². The fraction of sp³-hybridized carbons (Fsp3) is 0.632. The van der Waals surface area contributed by atoms with Gasteiger partial charge in [-0.15, -0.1) is 0 Å². The Bertz CT molecular complexity index is 791. The zero-order chi connectivity index (χ0) is 19.6. The van der Waals surface area contributed by atoms with E-state index in [0.29, 0.717) is 23.9 Å². The average molecular weight is 415 g/mol. The Morgan fingerprint density at radius 3 is 2.56 bits per heavy atom. The van der Waals surface area contributed by atoms with Crippen LogP contribution in [0, 0.1) is 11.8 Å². The zero-order valence-corrected chi connectivity index (χ0v) is 17.4. The lowest BCUT2D eigenvalue weighted by atomic mass is 9.94. The molecule has 27 heavy (non-hydrogen) atoms. The molecule has 0 unspecified atom stereocenters. The SMILES string of the molecule is COc1ccc(Cl)cc1S(=O)(=O)N1CCC[C@@H](C(=O)N2CCC(C)CC2)C1. The summed E-state index contributed by atoms with van der Waals surface area (Å²) in [5.74, 6) is 0.706. The molecule has 0 radical (unpaired) electrons. The monoisotopic (exact) mass is 414 g/mol. The van der Waals surface area contributed by atoms with Gasteiger partial charge in [0, 0.05) is 31.2 Å². The minimum Gasteiger partial charge on any atom is -0.495 e. The fourth-order valence-electron chi connectivity index (χ4n) is 3.84. The first kappa shape index (κ1) is 20.4. The van der Waals surface area contributed by atoms with E-state index in [4.69, 9.17) is 16.3 Å². The van der Waals surface area contributed by atoms with E-state index in [9.17, 15) is 13.2 Å². The van der Waals surface area contributed by atoms with Crippen molar-refractivity contribution in [2.45, 2.75) is 37.5 Å². The smallest absolute Gasteiger partial charge is 0.246 e. The molecule has 0 saturated carbocycles. The molecule has 0 bridgehead atoms. The molecule has 2 saturated heterocycles. The van der Waals surface area contributed by atoms with E-state index in [-0.39, 0.29) is 29.0 Å². The predicted molar refractivity (Wildman–Crippen MR) is 104 cm³/mol. The van der Waals surface area contributed by atoms with Gasteiger partial charge in [0.05, 0.1) is 13.0 Å². The molecule has 1 amide bonds. The van der Waals surface area contributed by atoms with Crippen molar-refractivity contribution >= 4 is 27.5 Å². The van der Waals surface area contributed by atoms with Gasteiger partial charge in [0.2, 0.25) is 15.9 Å². The predicted octanol–water partition coefficient (Wildman–Crippen LogP) is 3.01. The zero-order valence-electron chi connectivity index (χ0n) is 15.9. The van der Waals surface area contributed by atoms with Gasteiger partial charge in [-0.25, -0.2) is 8.42 Å². The molecular formula is C19H27ClN2O4S. The van der Waals surface area contributed by atoms with Crippen LogP contribution in [0.15, 0.2) is 23.1 Å². The molecule has 2 aliphatic rings. The lowest BCUT2D eigenvalue weighted by Crippen LogP contribution is -2.48. The van der Waals surface area contributed by atoms with Crippen LogP contribution in [-0.4, -0.2) is 56.8 Å². The quantitative estimate of drug-likeness (QED) is 0.759. The van der Waals surface area contributed by atoms with Crippen LogP contribution in [-0.2, 0) is 14.8 Å². The van der Waals surface area contributed by atoms with E-state index in [0.717, 1.165) is 32.4 Å². The number of ether oxygens (including phenoxy) is 1. The molecule has 6 nitrogen and oxygen atoms in total. The fourth-order valence-corrected chi connectivity index (χ4v) is 5.78. The second-order valence-electron chi connectivity index (χ2n) is 7.51. The minimum atomic E-state index is -3.78. The first-order chi connectivity index (χ1) is 12.8. The third-order valence-electron chi connectivity index (χ3n) is 5.57. The van der Waals surface area contributed by atoms with Crippen LogP contribution in [0.2, 0.25) is 5.02 Å². The number of piperidine rings is 2. The van der Waals surface area contributed by atoms with Gasteiger partial charge in [0.15, 0.2) is 0 Å². The summed E-state index contributed by atoms with van der Waals surface area (Å²) in [6, 6.07) is 4.56. The van der Waals surface area contributed by atoms with Crippen molar-refractivity contribution in [1.82, 2.24) is 9.21 Å². The minimum absolute atomic E-state index is 0.0531. The van der Waals surface area contributed by atoms with Crippen molar-refractivity contribution < 1.29 is 17.9 Å². The van der Waals surface area contributed by atoms with Crippen molar-refractivity contribution in [1.29, 1.82) is 0 Å². The van der Waals surface area contributed by atoms with Crippen molar-refractivity contribution in [3.8, 4) is 5.75 Å². The number of benzene rings is 1. The standard InChI is InChI=1S/C19H27ClN2O4S/c1-14-7-10-21(11-8-14)19(23)15-4-3-9-22(13-15)27(24,25)18-12-16(20)5-6-17(18)26-2/h5-6,12,14-15H,3-4,7-11,13H2,1-2H3/t15-/m1/s1. The number of sulfonamides is 1. The molecule has 0 aromatic heterocycles. The number of rotatable bonds is 4. The van der Waals surface area contributed by atoms with Crippen molar-refractivity contribution in [3.63, 3.8) is 0 Å². The van der Waals surface area contributed by atoms with Crippen LogP contribution >= 0.6 is 11.6 Å². The Kier molecular flexibility index (Phi) is 6.33. The molecule has 0 aliphatic carbocycles. The van der Waals surface area contributed by atoms with Crippen molar-refractivity contribution in [3.05, 3.63) is 23.2 Å². The van der Waals surface area contributed by atoms with Gasteiger partial charge in [-0.1, -0.05) is 18.5 Å². The number of hydrogen-bond donors (Lipinski definition) is 0. The highest BCUT2D eigenvalue weighted by molar-refractivity contribution is 7.89. The Morgan fingerprint density at radius 1 is 1.19 bits per heavy atom. The number of likely N-dealkylation sites (tertiary alicyclic amines) is 1. The highest BCUT2D eigenvalue weighted by atomic mass is 35.5. The third kappa shape index (κ3) is 4.41. The Morgan fingerprint density at radius 2 is 1.89 bits per heavy atom. The van der Waals surface area contributed by atoms with Gasteiger partial charge < -0.3 is 9.64 Å². The number of carbonyl (C=O) groups excluding carboxylic acids is 1. The van der Waals surface area contributed by atoms with Crippen LogP contribution in [0.5, 0.6) is 5.75 Å². The van der Waals surface area contributed by atoms with Gasteiger partial charge in [-0.2, -0.15) is 4.31 Å². The van der Waals surface area contributed by atoms with E-state index in [1.54, 1.807) is 12.1 Å². The summed E-state index contributed by atoms with van der Waals surface area (Å²) in [7, 11) is -2.35. The van der Waals surface area contributed by atoms with Crippen molar-refractivity contribution in [2.75, 3.05) is 33.3 Å². The summed E-state index contributed by atoms with van der Waals surface area (Å²) >= 11 is 6.01. The summed E-state index contributed by atoms with van der Waals surface area (Å²) in [4.78, 5) is 14.9. The molecule has 0 N–H and O–H groups in total. The molecule has 1 aromatic carbocycles. The summed E-state index contributed by atoms with van der Waals surface area (Å²) in [6.07, 6.45) is 3.42. The maximum atomic E-state index is 13.2. The van der Waals surface area contributed by atoms with Crippen LogP contribution < -0.4 is 4.74 Å². The molecule has 0 spiro atoms. The molecule has 2 aliphatic heterocycles. The van der Waals surface area contributed by atoms with Gasteiger partial charge in [-0.3, -0.25) is 4.79 Å². The second kappa shape index (κ2) is 8.37. The Balaban J connectivity index is 1.77. The van der Waals surface area contributed by atoms with E-state index < -0.39 is 10.0 Å². The molecular weight excluding hydrogens is 388 g/mol. The number of hydrogen-bond acceptors (Lipinski definition) is 4. The highest BCUT2D eigenvalue weighted by Crippen LogP contribution is 2.32. The summed E-state index contributed by atoms with van der Waals surface area (Å²) < 4.78 is 33.0. The van der Waals surface area contributed by atoms with Crippen LogP contribution in [0.4, 0.5) is 0 Å². The molecule has 2 fully saturated rings. The third-order valence-corrected chi connectivity index (χ3v) is 7.69. The van der Waals surface area contributed by atoms with Gasteiger partial charge >= 0.3 is 0 Å². The maximum absolute atomic E-state index is 13.2. The first-order valence-corrected chi connectivity index (χ1v) is 11.3. The lowest BCUT2D eigenvalue weighted by Gasteiger charge is -2.37. The largest absolute Gasteiger partial charge is 0.495 e. The summed E-state index contributed by atoms with van der Waals surface area (Å²) in [5, 5.41) is 0.335. The number of nitrogens with zero attached hydrogens (tertiary/aromatic N) is 2. The van der Waals surface area contributed by atoms with E-state index in [1.165, 1.54) is 17.5 Å². The molecule has 150 valence electrons. The number of halogens is 1. The first-order valence-electron chi connectivity index (χ1n) is 9.45. The normalized spacial score (nSPS) is 22.6. The van der Waals surface area contributed by atoms with Crippen LogP contribution in [0.3, 0.4) is 0 Å². The molecule has 8 heteroatoms. The van der Waals surface area contributed by atoms with Gasteiger partial charge in [0.1, 0.15) is 10.6 Å². The number of carbonyl (C=O) groups is 1. The van der Waals surface area contributed by atoms with E-state index in [2.05, 4.69) is 6.92 Å². The topological polar surface area (TPSA) is 66.9 Å². The Hall–Kier alpha value is -1.31. The number of amides is 1. The van der Waals surface area contributed by atoms with Gasteiger partial charge in [0.25, 0.3) is 0 Å². The van der Waals surface area contributed by atoms with Crippen LogP contribution in [0.1, 0.15) is 32.6 Å². The van der Waals surface area contributed by atoms with Crippen LogP contribution in [0.25, 0.3) is 0 Å². The summed E-state index contributed by atoms with van der Waals surface area (Å²) in [5.41, 5.74) is 0. The molecule has 2 heterocycles. The number of methoxy groups -OCH3 is 1. The molecule has 3 rings (SSSR count). The highest BCUT2D eigenvalue weighted by Gasteiger charge is 2.36. The van der Waals surface area contributed by atoms with E-state index in [1.807, 2.05) is 4.90 Å².